The first-order chi connectivity index (χ1) is 17.1. The molecule has 36 heavy (non-hydrogen) atoms. The largest absolute Gasteiger partial charge is 0.366 e. The van der Waals surface area contributed by atoms with Crippen LogP contribution in [0.1, 0.15) is 28.3 Å². The van der Waals surface area contributed by atoms with Crippen LogP contribution in [0.3, 0.4) is 0 Å². The number of aryl methyl sites for hydroxylation is 2. The number of imide groups is 2. The molecular weight excluding hydrogens is 460 g/mol. The van der Waals surface area contributed by atoms with Gasteiger partial charge in [-0.05, 0) is 42.7 Å². The molecule has 0 saturated carbocycles. The zero-order chi connectivity index (χ0) is 25.8. The predicted molar refractivity (Wildman–Crippen MR) is 134 cm³/mol. The van der Waals surface area contributed by atoms with Crippen molar-refractivity contribution in [1.82, 2.24) is 5.32 Å². The molecule has 9 heteroatoms. The number of hydrogen-bond donors (Lipinski definition) is 1. The molecule has 3 aromatic carbocycles. The van der Waals surface area contributed by atoms with Gasteiger partial charge in [0.25, 0.3) is 11.6 Å². The number of nitro groups is 1. The molecule has 1 N–H and O–H groups in total. The number of non-ortho nitro benzene ring substituents is 1. The number of rotatable bonds is 3. The second kappa shape index (κ2) is 8.30. The molecule has 1 saturated heterocycles. The maximum Gasteiger partial charge on any atom is 0.335 e. The summed E-state index contributed by atoms with van der Waals surface area (Å²) in [5, 5.41) is 13.9. The van der Waals surface area contributed by atoms with E-state index in [2.05, 4.69) is 5.32 Å². The summed E-state index contributed by atoms with van der Waals surface area (Å²) in [7, 11) is 1.75. The maximum absolute atomic E-state index is 14.4. The van der Waals surface area contributed by atoms with Crippen LogP contribution in [0.15, 0.2) is 66.7 Å². The summed E-state index contributed by atoms with van der Waals surface area (Å²) in [6.45, 7) is 3.71. The van der Waals surface area contributed by atoms with Crippen molar-refractivity contribution in [2.75, 3.05) is 16.8 Å². The zero-order valence-electron chi connectivity index (χ0n) is 20.0. The smallest absolute Gasteiger partial charge is 0.335 e. The van der Waals surface area contributed by atoms with Gasteiger partial charge < -0.3 is 4.90 Å². The van der Waals surface area contributed by atoms with E-state index in [0.29, 0.717) is 28.1 Å². The lowest BCUT2D eigenvalue weighted by atomic mass is 9.66. The highest BCUT2D eigenvalue weighted by Crippen LogP contribution is 2.52. The lowest BCUT2D eigenvalue weighted by molar-refractivity contribution is -0.384. The van der Waals surface area contributed by atoms with Crippen molar-refractivity contribution in [1.29, 1.82) is 0 Å². The monoisotopic (exact) mass is 484 g/mol. The van der Waals surface area contributed by atoms with Gasteiger partial charge in [0.1, 0.15) is 0 Å². The fourth-order valence-corrected chi connectivity index (χ4v) is 5.51. The molecule has 9 nitrogen and oxygen atoms in total. The van der Waals surface area contributed by atoms with Crippen LogP contribution < -0.4 is 15.1 Å². The number of nitro benzene ring substituents is 1. The molecule has 3 aromatic rings. The maximum atomic E-state index is 14.4. The average molecular weight is 485 g/mol. The highest BCUT2D eigenvalue weighted by molar-refractivity contribution is 6.31. The van der Waals surface area contributed by atoms with Crippen LogP contribution >= 0.6 is 0 Å². The van der Waals surface area contributed by atoms with Crippen LogP contribution in [0.5, 0.6) is 0 Å². The molecule has 0 aliphatic carbocycles. The Balaban J connectivity index is 1.75. The normalized spacial score (nSPS) is 21.4. The molecule has 182 valence electrons. The van der Waals surface area contributed by atoms with E-state index in [1.807, 2.05) is 43.3 Å². The minimum absolute atomic E-state index is 0.104. The standard InChI is InChI=1S/C27H24N4O5/c1-16-9-11-21(17(2)13-16)30-25(33)27(24(32)28-26(30)34)15-19-14-20(31(35)36)10-12-22(19)29(3)23(27)18-7-5-4-6-8-18/h4-14,23H,15H2,1-3H3,(H,28,32,34)/t23-,27+/m1/s1. The molecule has 2 aliphatic rings. The summed E-state index contributed by atoms with van der Waals surface area (Å²) < 4.78 is 0. The first kappa shape index (κ1) is 23.2. The molecule has 4 amide bonds. The zero-order valence-corrected chi connectivity index (χ0v) is 20.0. The van der Waals surface area contributed by atoms with E-state index in [-0.39, 0.29) is 12.1 Å². The van der Waals surface area contributed by atoms with Gasteiger partial charge in [0, 0.05) is 31.3 Å². The molecule has 1 fully saturated rings. The third kappa shape index (κ3) is 3.35. The number of barbiturate groups is 1. The van der Waals surface area contributed by atoms with Gasteiger partial charge in [-0.3, -0.25) is 25.0 Å². The van der Waals surface area contributed by atoms with Crippen LogP contribution in [0, 0.1) is 29.4 Å². The van der Waals surface area contributed by atoms with E-state index in [1.54, 1.807) is 37.1 Å². The van der Waals surface area contributed by atoms with Crippen molar-refractivity contribution in [3.05, 3.63) is 99.1 Å². The van der Waals surface area contributed by atoms with Crippen molar-refractivity contribution in [2.45, 2.75) is 26.3 Å². The summed E-state index contributed by atoms with van der Waals surface area (Å²) in [5.74, 6) is -1.39. The first-order valence-electron chi connectivity index (χ1n) is 11.5. The Morgan fingerprint density at radius 2 is 1.67 bits per heavy atom. The van der Waals surface area contributed by atoms with Gasteiger partial charge in [-0.15, -0.1) is 0 Å². The van der Waals surface area contributed by atoms with Gasteiger partial charge in [0.2, 0.25) is 5.91 Å². The second-order valence-electron chi connectivity index (χ2n) is 9.33. The number of urea groups is 1. The van der Waals surface area contributed by atoms with Gasteiger partial charge in [-0.25, -0.2) is 9.69 Å². The number of benzene rings is 3. The molecule has 0 bridgehead atoms. The van der Waals surface area contributed by atoms with Gasteiger partial charge in [-0.1, -0.05) is 48.0 Å². The summed E-state index contributed by atoms with van der Waals surface area (Å²) in [4.78, 5) is 55.0. The Bertz CT molecular complexity index is 1440. The fraction of sp³-hybridized carbons (Fsp3) is 0.222. The lowest BCUT2D eigenvalue weighted by Crippen LogP contribution is -2.69. The third-order valence-electron chi connectivity index (χ3n) is 7.10. The molecule has 2 atom stereocenters. The SMILES string of the molecule is Cc1ccc(N2C(=O)NC(=O)[C@@]3(Cc4cc([N+](=O)[O-])ccc4N(C)[C@@H]3c3ccccc3)C2=O)c(C)c1. The summed E-state index contributed by atoms with van der Waals surface area (Å²) in [6, 6.07) is 17.3. The van der Waals surface area contributed by atoms with Gasteiger partial charge in [0.05, 0.1) is 16.7 Å². The number of nitrogens with zero attached hydrogens (tertiary/aromatic N) is 3. The Labute approximate surface area is 207 Å². The topological polar surface area (TPSA) is 113 Å². The molecule has 0 aromatic heterocycles. The van der Waals surface area contributed by atoms with E-state index in [4.69, 9.17) is 0 Å². The molecule has 1 spiro atoms. The van der Waals surface area contributed by atoms with E-state index in [0.717, 1.165) is 10.5 Å². The summed E-state index contributed by atoms with van der Waals surface area (Å²) >= 11 is 0. The van der Waals surface area contributed by atoms with Crippen LogP contribution in [0.4, 0.5) is 21.9 Å². The number of carbonyl (C=O) groups is 3. The Hall–Kier alpha value is -4.53. The van der Waals surface area contributed by atoms with E-state index in [9.17, 15) is 24.5 Å². The van der Waals surface area contributed by atoms with Crippen molar-refractivity contribution in [3.8, 4) is 0 Å². The van der Waals surface area contributed by atoms with E-state index < -0.39 is 34.2 Å². The Kier molecular flexibility index (Phi) is 5.35. The van der Waals surface area contributed by atoms with Crippen molar-refractivity contribution >= 4 is 34.9 Å². The highest BCUT2D eigenvalue weighted by atomic mass is 16.6. The van der Waals surface area contributed by atoms with Crippen LogP contribution in [0.25, 0.3) is 0 Å². The second-order valence-corrected chi connectivity index (χ2v) is 9.33. The average Bonchev–Trinajstić information content (AvgIpc) is 2.84. The number of hydrogen-bond acceptors (Lipinski definition) is 6. The minimum Gasteiger partial charge on any atom is -0.366 e. The summed E-state index contributed by atoms with van der Waals surface area (Å²) in [5.41, 5.74) is 2.04. The number of anilines is 2. The Morgan fingerprint density at radius 1 is 0.972 bits per heavy atom. The van der Waals surface area contributed by atoms with E-state index >= 15 is 0 Å². The van der Waals surface area contributed by atoms with Gasteiger partial charge in [0.15, 0.2) is 5.41 Å². The van der Waals surface area contributed by atoms with Crippen molar-refractivity contribution in [2.24, 2.45) is 5.41 Å². The number of nitrogens with one attached hydrogen (secondary N) is 1. The number of amides is 4. The van der Waals surface area contributed by atoms with Crippen LogP contribution in [0.2, 0.25) is 0 Å². The molecule has 0 radical (unpaired) electrons. The minimum atomic E-state index is -1.75. The fourth-order valence-electron chi connectivity index (χ4n) is 5.51. The van der Waals surface area contributed by atoms with Crippen molar-refractivity contribution < 1.29 is 19.3 Å². The Morgan fingerprint density at radius 3 is 2.33 bits per heavy atom. The number of fused-ring (bicyclic) bond motifs is 1. The van der Waals surface area contributed by atoms with Crippen molar-refractivity contribution in [3.63, 3.8) is 0 Å². The molecule has 2 aliphatic heterocycles. The highest BCUT2D eigenvalue weighted by Gasteiger charge is 2.62. The first-order valence-corrected chi connectivity index (χ1v) is 11.5. The summed E-state index contributed by atoms with van der Waals surface area (Å²) in [6.07, 6.45) is -0.104. The molecule has 0 unspecified atom stereocenters. The van der Waals surface area contributed by atoms with Gasteiger partial charge in [-0.2, -0.15) is 0 Å². The molecular formula is C27H24N4O5. The lowest BCUT2D eigenvalue weighted by Gasteiger charge is -2.51. The van der Waals surface area contributed by atoms with E-state index in [1.165, 1.54) is 12.1 Å². The predicted octanol–water partition coefficient (Wildman–Crippen LogP) is 4.21. The molecule has 5 rings (SSSR count). The third-order valence-corrected chi connectivity index (χ3v) is 7.10. The van der Waals surface area contributed by atoms with Crippen LogP contribution in [-0.4, -0.2) is 29.8 Å². The molecule has 2 heterocycles. The number of carbonyl (C=O) groups excluding carboxylic acids is 3. The van der Waals surface area contributed by atoms with Gasteiger partial charge >= 0.3 is 6.03 Å². The van der Waals surface area contributed by atoms with Crippen LogP contribution in [-0.2, 0) is 16.0 Å². The quantitative estimate of drug-likeness (QED) is 0.338.